The maximum Gasteiger partial charge on any atom is 0.255 e. The number of carbonyl (C=O) groups is 1. The molecule has 2 aromatic heterocycles. The van der Waals surface area contributed by atoms with Crippen molar-refractivity contribution in [2.75, 3.05) is 31.1 Å². The number of carbonyl (C=O) groups excluding carboxylic acids is 1. The summed E-state index contributed by atoms with van der Waals surface area (Å²) in [6.45, 7) is 7.79. The fourth-order valence-electron chi connectivity index (χ4n) is 3.89. The normalized spacial score (nSPS) is 14.3. The molecule has 0 aliphatic carbocycles. The molecule has 6 heteroatoms. The summed E-state index contributed by atoms with van der Waals surface area (Å²) in [5.41, 5.74) is 4.17. The number of pyridine rings is 1. The van der Waals surface area contributed by atoms with Crippen LogP contribution in [0.15, 0.2) is 54.7 Å². The van der Waals surface area contributed by atoms with Gasteiger partial charge in [-0.25, -0.2) is 4.98 Å². The summed E-state index contributed by atoms with van der Waals surface area (Å²) < 4.78 is 2.22. The van der Waals surface area contributed by atoms with Crippen molar-refractivity contribution in [2.24, 2.45) is 0 Å². The molecule has 0 spiro atoms. The van der Waals surface area contributed by atoms with Crippen LogP contribution in [0, 0.1) is 13.8 Å². The predicted molar refractivity (Wildman–Crippen MR) is 117 cm³/mol. The summed E-state index contributed by atoms with van der Waals surface area (Å²) >= 11 is 5.93. The molecule has 1 amide bonds. The van der Waals surface area contributed by atoms with Crippen LogP contribution in [0.1, 0.15) is 27.3 Å². The van der Waals surface area contributed by atoms with Gasteiger partial charge in [-0.1, -0.05) is 41.9 Å². The number of hydrogen-bond acceptors (Lipinski definition) is 3. The minimum atomic E-state index is 0.112. The largest absolute Gasteiger partial charge is 0.353 e. The number of aryl methyl sites for hydroxylation is 1. The van der Waals surface area contributed by atoms with Gasteiger partial charge in [0.25, 0.3) is 5.91 Å². The van der Waals surface area contributed by atoms with Crippen LogP contribution in [0.3, 0.4) is 0 Å². The Morgan fingerprint density at radius 2 is 1.76 bits per heavy atom. The average molecular weight is 409 g/mol. The molecule has 1 fully saturated rings. The van der Waals surface area contributed by atoms with Gasteiger partial charge >= 0.3 is 0 Å². The van der Waals surface area contributed by atoms with Gasteiger partial charge in [0.15, 0.2) is 0 Å². The van der Waals surface area contributed by atoms with Crippen molar-refractivity contribution in [1.82, 2.24) is 14.5 Å². The first kappa shape index (κ1) is 19.5. The Labute approximate surface area is 176 Å². The minimum Gasteiger partial charge on any atom is -0.353 e. The van der Waals surface area contributed by atoms with E-state index in [1.165, 1.54) is 5.56 Å². The van der Waals surface area contributed by atoms with E-state index >= 15 is 0 Å². The molecule has 3 heterocycles. The number of halogens is 1. The summed E-state index contributed by atoms with van der Waals surface area (Å²) in [6, 6.07) is 16.1. The zero-order valence-electron chi connectivity index (χ0n) is 16.8. The summed E-state index contributed by atoms with van der Waals surface area (Å²) in [7, 11) is 0. The highest BCUT2D eigenvalue weighted by Crippen LogP contribution is 2.21. The molecule has 5 nitrogen and oxygen atoms in total. The van der Waals surface area contributed by atoms with Crippen molar-refractivity contribution in [1.29, 1.82) is 0 Å². The second kappa shape index (κ2) is 8.29. The number of piperazine rings is 1. The van der Waals surface area contributed by atoms with Crippen molar-refractivity contribution in [3.63, 3.8) is 0 Å². The van der Waals surface area contributed by atoms with Crippen molar-refractivity contribution >= 4 is 23.3 Å². The van der Waals surface area contributed by atoms with Crippen molar-refractivity contribution in [3.8, 4) is 0 Å². The van der Waals surface area contributed by atoms with E-state index < -0.39 is 0 Å². The van der Waals surface area contributed by atoms with Gasteiger partial charge in [0.2, 0.25) is 0 Å². The van der Waals surface area contributed by atoms with Gasteiger partial charge in [0, 0.05) is 50.3 Å². The zero-order valence-corrected chi connectivity index (χ0v) is 17.6. The lowest BCUT2D eigenvalue weighted by atomic mass is 10.2. The van der Waals surface area contributed by atoms with Crippen molar-refractivity contribution < 1.29 is 4.79 Å². The van der Waals surface area contributed by atoms with E-state index in [-0.39, 0.29) is 5.91 Å². The van der Waals surface area contributed by atoms with Crippen LogP contribution in [-0.4, -0.2) is 46.5 Å². The van der Waals surface area contributed by atoms with E-state index in [1.807, 2.05) is 48.2 Å². The number of rotatable bonds is 4. The highest BCUT2D eigenvalue weighted by Gasteiger charge is 2.25. The van der Waals surface area contributed by atoms with Crippen LogP contribution in [0.25, 0.3) is 0 Å². The third-order valence-electron chi connectivity index (χ3n) is 5.59. The Morgan fingerprint density at radius 1 is 1.03 bits per heavy atom. The van der Waals surface area contributed by atoms with Gasteiger partial charge in [-0.2, -0.15) is 0 Å². The first-order valence-corrected chi connectivity index (χ1v) is 10.3. The lowest BCUT2D eigenvalue weighted by Gasteiger charge is -2.35. The van der Waals surface area contributed by atoms with Gasteiger partial charge in [-0.15, -0.1) is 0 Å². The fraction of sp³-hybridized carbons (Fsp3) is 0.304. The lowest BCUT2D eigenvalue weighted by molar-refractivity contribution is 0.0745. The molecule has 0 N–H and O–H groups in total. The van der Waals surface area contributed by atoms with Crippen LogP contribution in [-0.2, 0) is 6.54 Å². The number of hydrogen-bond donors (Lipinski definition) is 0. The number of amides is 1. The second-order valence-electron chi connectivity index (χ2n) is 7.47. The topological polar surface area (TPSA) is 41.4 Å². The smallest absolute Gasteiger partial charge is 0.255 e. The monoisotopic (exact) mass is 408 g/mol. The van der Waals surface area contributed by atoms with E-state index in [4.69, 9.17) is 11.6 Å². The van der Waals surface area contributed by atoms with E-state index in [1.54, 1.807) is 6.20 Å². The maximum atomic E-state index is 13.2. The molecule has 29 heavy (non-hydrogen) atoms. The predicted octanol–water partition coefficient (Wildman–Crippen LogP) is 4.16. The number of aromatic nitrogens is 2. The van der Waals surface area contributed by atoms with Gasteiger partial charge < -0.3 is 14.4 Å². The molecule has 1 aliphatic heterocycles. The molecule has 0 radical (unpaired) electrons. The third-order valence-corrected chi connectivity index (χ3v) is 5.81. The quantitative estimate of drug-likeness (QED) is 0.650. The summed E-state index contributed by atoms with van der Waals surface area (Å²) in [4.78, 5) is 21.7. The van der Waals surface area contributed by atoms with E-state index in [2.05, 4.69) is 33.5 Å². The molecule has 0 atom stereocenters. The first-order chi connectivity index (χ1) is 14.0. The van der Waals surface area contributed by atoms with E-state index in [0.717, 1.165) is 42.4 Å². The highest BCUT2D eigenvalue weighted by molar-refractivity contribution is 6.30. The molecule has 4 rings (SSSR count). The molecule has 1 aromatic carbocycles. The van der Waals surface area contributed by atoms with E-state index in [9.17, 15) is 4.79 Å². The van der Waals surface area contributed by atoms with Crippen LogP contribution >= 0.6 is 11.6 Å². The SMILES string of the molecule is Cc1cc(C(=O)N2CCN(c3ccc(Cl)cn3)CC2)c(C)n1Cc1ccccc1. The molecule has 150 valence electrons. The molecule has 3 aromatic rings. The van der Waals surface area contributed by atoms with Crippen molar-refractivity contribution in [2.45, 2.75) is 20.4 Å². The van der Waals surface area contributed by atoms with Crippen LogP contribution < -0.4 is 4.90 Å². The third kappa shape index (κ3) is 4.15. The van der Waals surface area contributed by atoms with Crippen molar-refractivity contribution in [3.05, 3.63) is 82.3 Å². The minimum absolute atomic E-state index is 0.112. The molecular weight excluding hydrogens is 384 g/mol. The summed E-state index contributed by atoms with van der Waals surface area (Å²) in [5.74, 6) is 1.02. The number of nitrogens with zero attached hydrogens (tertiary/aromatic N) is 4. The fourth-order valence-corrected chi connectivity index (χ4v) is 4.00. The van der Waals surface area contributed by atoms with Crippen LogP contribution in [0.2, 0.25) is 5.02 Å². The molecule has 0 saturated carbocycles. The molecule has 1 saturated heterocycles. The standard InChI is InChI=1S/C23H25ClN4O/c1-17-14-21(18(2)28(17)16-19-6-4-3-5-7-19)23(29)27-12-10-26(11-13-27)22-9-8-20(24)15-25-22/h3-9,14-15H,10-13,16H2,1-2H3. The zero-order chi connectivity index (χ0) is 20.4. The molecule has 0 unspecified atom stereocenters. The summed E-state index contributed by atoms with van der Waals surface area (Å²) in [6.07, 6.45) is 1.66. The van der Waals surface area contributed by atoms with Crippen LogP contribution in [0.4, 0.5) is 5.82 Å². The van der Waals surface area contributed by atoms with Gasteiger partial charge in [-0.3, -0.25) is 4.79 Å². The summed E-state index contributed by atoms with van der Waals surface area (Å²) in [5, 5.41) is 0.633. The molecule has 1 aliphatic rings. The lowest BCUT2D eigenvalue weighted by Crippen LogP contribution is -2.49. The molecule has 0 bridgehead atoms. The maximum absolute atomic E-state index is 13.2. The second-order valence-corrected chi connectivity index (χ2v) is 7.91. The number of anilines is 1. The Bertz CT molecular complexity index is 990. The first-order valence-electron chi connectivity index (χ1n) is 9.89. The van der Waals surface area contributed by atoms with Gasteiger partial charge in [-0.05, 0) is 37.6 Å². The Morgan fingerprint density at radius 3 is 2.41 bits per heavy atom. The van der Waals surface area contributed by atoms with Crippen LogP contribution in [0.5, 0.6) is 0 Å². The molecular formula is C23H25ClN4O. The Balaban J connectivity index is 1.45. The Hall–Kier alpha value is -2.79. The van der Waals surface area contributed by atoms with Gasteiger partial charge in [0.05, 0.1) is 10.6 Å². The van der Waals surface area contributed by atoms with E-state index in [0.29, 0.717) is 18.1 Å². The Kier molecular flexibility index (Phi) is 5.58. The number of benzene rings is 1. The van der Waals surface area contributed by atoms with Gasteiger partial charge in [0.1, 0.15) is 5.82 Å². The highest BCUT2D eigenvalue weighted by atomic mass is 35.5. The average Bonchev–Trinajstić information content (AvgIpc) is 3.03.